The third kappa shape index (κ3) is 4.90. The first-order chi connectivity index (χ1) is 14.0. The average Bonchev–Trinajstić information content (AvgIpc) is 3.16. The lowest BCUT2D eigenvalue weighted by atomic mass is 10.1. The van der Waals surface area contributed by atoms with E-state index < -0.39 is 11.9 Å². The van der Waals surface area contributed by atoms with Crippen molar-refractivity contribution < 1.29 is 19.4 Å². The Kier molecular flexibility index (Phi) is 6.09. The van der Waals surface area contributed by atoms with Crippen LogP contribution in [0.4, 0.5) is 0 Å². The van der Waals surface area contributed by atoms with Gasteiger partial charge in [-0.05, 0) is 24.3 Å². The highest BCUT2D eigenvalue weighted by Gasteiger charge is 2.16. The second kappa shape index (κ2) is 8.88. The van der Waals surface area contributed by atoms with Crippen LogP contribution >= 0.6 is 0 Å². The van der Waals surface area contributed by atoms with E-state index in [2.05, 4.69) is 0 Å². The van der Waals surface area contributed by atoms with Crippen molar-refractivity contribution in [2.45, 2.75) is 6.54 Å². The van der Waals surface area contributed by atoms with Crippen LogP contribution < -0.4 is 4.74 Å². The fourth-order valence-electron chi connectivity index (χ4n) is 2.86. The van der Waals surface area contributed by atoms with E-state index >= 15 is 0 Å². The van der Waals surface area contributed by atoms with Crippen LogP contribution in [0.25, 0.3) is 16.9 Å². The standard InChI is InChI=1S/C22H21N3O4/c1-24(20(26)11-12-21(27)28)14-17-15-25(18-8-4-3-5-9-18)23-22(17)16-7-6-10-19(13-16)29-2/h3-13,15H,14H2,1-2H3,(H,27,28)/b12-11+. The molecule has 0 unspecified atom stereocenters. The zero-order valence-corrected chi connectivity index (χ0v) is 16.1. The molecule has 3 rings (SSSR count). The van der Waals surface area contributed by atoms with Crippen molar-refractivity contribution in [2.75, 3.05) is 14.2 Å². The van der Waals surface area contributed by atoms with Gasteiger partial charge in [-0.1, -0.05) is 30.3 Å². The number of nitrogens with zero attached hydrogens (tertiary/aromatic N) is 3. The Labute approximate surface area is 168 Å². The van der Waals surface area contributed by atoms with E-state index in [9.17, 15) is 9.59 Å². The Bertz CT molecular complexity index is 1040. The van der Waals surface area contributed by atoms with E-state index in [1.54, 1.807) is 18.8 Å². The molecule has 0 bridgehead atoms. The van der Waals surface area contributed by atoms with Gasteiger partial charge in [-0.15, -0.1) is 0 Å². The van der Waals surface area contributed by atoms with Crippen LogP contribution in [0, 0.1) is 0 Å². The maximum Gasteiger partial charge on any atom is 0.328 e. The largest absolute Gasteiger partial charge is 0.497 e. The molecule has 7 nitrogen and oxygen atoms in total. The molecule has 0 saturated heterocycles. The fourth-order valence-corrected chi connectivity index (χ4v) is 2.86. The molecule has 1 N–H and O–H groups in total. The summed E-state index contributed by atoms with van der Waals surface area (Å²) in [5, 5.41) is 13.4. The van der Waals surface area contributed by atoms with Gasteiger partial charge < -0.3 is 14.7 Å². The SMILES string of the molecule is COc1cccc(-c2nn(-c3ccccc3)cc2CN(C)C(=O)/C=C/C(=O)O)c1. The van der Waals surface area contributed by atoms with Gasteiger partial charge in [0.25, 0.3) is 0 Å². The predicted octanol–water partition coefficient (Wildman–Crippen LogP) is 3.15. The van der Waals surface area contributed by atoms with E-state index in [1.807, 2.05) is 60.8 Å². The third-order valence-corrected chi connectivity index (χ3v) is 4.31. The van der Waals surface area contributed by atoms with E-state index in [0.717, 1.165) is 34.7 Å². The van der Waals surface area contributed by atoms with Gasteiger partial charge in [0.2, 0.25) is 5.91 Å². The molecule has 1 amide bonds. The molecule has 29 heavy (non-hydrogen) atoms. The maximum absolute atomic E-state index is 12.2. The highest BCUT2D eigenvalue weighted by molar-refractivity contribution is 5.93. The summed E-state index contributed by atoms with van der Waals surface area (Å²) in [6, 6.07) is 17.2. The molecular formula is C22H21N3O4. The Morgan fingerprint density at radius 3 is 2.59 bits per heavy atom. The summed E-state index contributed by atoms with van der Waals surface area (Å²) < 4.78 is 7.08. The van der Waals surface area contributed by atoms with Crippen molar-refractivity contribution in [3.8, 4) is 22.7 Å². The number of hydrogen-bond donors (Lipinski definition) is 1. The van der Waals surface area contributed by atoms with Crippen molar-refractivity contribution in [1.29, 1.82) is 0 Å². The summed E-state index contributed by atoms with van der Waals surface area (Å²) in [6.45, 7) is 0.266. The van der Waals surface area contributed by atoms with Gasteiger partial charge in [-0.2, -0.15) is 5.10 Å². The Morgan fingerprint density at radius 1 is 1.14 bits per heavy atom. The number of methoxy groups -OCH3 is 1. The minimum atomic E-state index is -1.17. The number of amides is 1. The number of carboxylic acid groups (broad SMARTS) is 1. The van der Waals surface area contributed by atoms with Crippen molar-refractivity contribution in [2.24, 2.45) is 0 Å². The molecule has 148 valence electrons. The monoisotopic (exact) mass is 391 g/mol. The molecular weight excluding hydrogens is 370 g/mol. The molecule has 0 spiro atoms. The number of ether oxygens (including phenoxy) is 1. The number of aromatic nitrogens is 2. The molecule has 2 aromatic carbocycles. The minimum absolute atomic E-state index is 0.266. The highest BCUT2D eigenvalue weighted by atomic mass is 16.5. The Balaban J connectivity index is 1.98. The molecule has 1 heterocycles. The molecule has 0 radical (unpaired) electrons. The molecule has 7 heteroatoms. The predicted molar refractivity (Wildman–Crippen MR) is 109 cm³/mol. The van der Waals surface area contributed by atoms with Gasteiger partial charge in [-0.25, -0.2) is 9.48 Å². The normalized spacial score (nSPS) is 10.8. The molecule has 0 atom stereocenters. The van der Waals surface area contributed by atoms with Gasteiger partial charge in [0, 0.05) is 43.1 Å². The third-order valence-electron chi connectivity index (χ3n) is 4.31. The zero-order chi connectivity index (χ0) is 20.8. The number of rotatable bonds is 7. The molecule has 0 aliphatic heterocycles. The fraction of sp³-hybridized carbons (Fsp3) is 0.136. The summed E-state index contributed by atoms with van der Waals surface area (Å²) in [7, 11) is 3.22. The number of aliphatic carboxylic acids is 1. The number of para-hydroxylation sites is 1. The van der Waals surface area contributed by atoms with Gasteiger partial charge in [-0.3, -0.25) is 4.79 Å². The summed E-state index contributed by atoms with van der Waals surface area (Å²) >= 11 is 0. The van der Waals surface area contributed by atoms with Crippen molar-refractivity contribution in [3.63, 3.8) is 0 Å². The van der Waals surface area contributed by atoms with Crippen LogP contribution in [0.3, 0.4) is 0 Å². The van der Waals surface area contributed by atoms with Crippen molar-refractivity contribution >= 4 is 11.9 Å². The summed E-state index contributed by atoms with van der Waals surface area (Å²) in [4.78, 5) is 24.3. The van der Waals surface area contributed by atoms with Crippen LogP contribution in [0.15, 0.2) is 72.9 Å². The molecule has 0 fully saturated rings. The number of carbonyl (C=O) groups is 2. The minimum Gasteiger partial charge on any atom is -0.497 e. The van der Waals surface area contributed by atoms with Crippen LogP contribution in [0.1, 0.15) is 5.56 Å². The van der Waals surface area contributed by atoms with Crippen molar-refractivity contribution in [3.05, 3.63) is 78.5 Å². The first-order valence-corrected chi connectivity index (χ1v) is 8.92. The lowest BCUT2D eigenvalue weighted by molar-refractivity contribution is -0.132. The first kappa shape index (κ1) is 19.9. The molecule has 1 aromatic heterocycles. The van der Waals surface area contributed by atoms with Crippen LogP contribution in [0.5, 0.6) is 5.75 Å². The second-order valence-electron chi connectivity index (χ2n) is 6.38. The number of benzene rings is 2. The summed E-state index contributed by atoms with van der Waals surface area (Å²) in [5.41, 5.74) is 3.29. The van der Waals surface area contributed by atoms with E-state index in [0.29, 0.717) is 5.75 Å². The van der Waals surface area contributed by atoms with Crippen LogP contribution in [-0.2, 0) is 16.1 Å². The van der Waals surface area contributed by atoms with Crippen molar-refractivity contribution in [1.82, 2.24) is 14.7 Å². The van der Waals surface area contributed by atoms with E-state index in [-0.39, 0.29) is 6.54 Å². The smallest absolute Gasteiger partial charge is 0.328 e. The molecule has 3 aromatic rings. The van der Waals surface area contributed by atoms with Gasteiger partial charge >= 0.3 is 5.97 Å². The van der Waals surface area contributed by atoms with E-state index in [1.165, 1.54) is 4.90 Å². The Hall–Kier alpha value is -3.87. The number of hydrogen-bond acceptors (Lipinski definition) is 4. The second-order valence-corrected chi connectivity index (χ2v) is 6.38. The summed E-state index contributed by atoms with van der Waals surface area (Å²) in [6.07, 6.45) is 3.74. The number of carbonyl (C=O) groups excluding carboxylic acids is 1. The zero-order valence-electron chi connectivity index (χ0n) is 16.1. The van der Waals surface area contributed by atoms with Crippen LogP contribution in [0.2, 0.25) is 0 Å². The lowest BCUT2D eigenvalue weighted by Crippen LogP contribution is -2.24. The van der Waals surface area contributed by atoms with Gasteiger partial charge in [0.05, 0.1) is 18.5 Å². The van der Waals surface area contributed by atoms with Gasteiger partial charge in [0.15, 0.2) is 0 Å². The average molecular weight is 391 g/mol. The number of likely N-dealkylation sites (N-methyl/N-ethyl adjacent to an activating group) is 1. The lowest BCUT2D eigenvalue weighted by Gasteiger charge is -2.15. The van der Waals surface area contributed by atoms with Gasteiger partial charge in [0.1, 0.15) is 5.75 Å². The Morgan fingerprint density at radius 2 is 1.90 bits per heavy atom. The molecule has 0 aliphatic rings. The molecule has 0 saturated carbocycles. The maximum atomic E-state index is 12.2. The quantitative estimate of drug-likeness (QED) is 0.626. The summed E-state index contributed by atoms with van der Waals surface area (Å²) in [5.74, 6) is -0.867. The van der Waals surface area contributed by atoms with E-state index in [4.69, 9.17) is 14.9 Å². The van der Waals surface area contributed by atoms with Crippen LogP contribution in [-0.4, -0.2) is 45.8 Å². The highest BCUT2D eigenvalue weighted by Crippen LogP contribution is 2.27. The molecule has 0 aliphatic carbocycles. The number of carboxylic acids is 1. The topological polar surface area (TPSA) is 84.7 Å². The first-order valence-electron chi connectivity index (χ1n) is 8.92.